The molecule has 1 aliphatic rings. The number of aliphatic hydroxyl groups excluding tert-OH is 1. The minimum absolute atomic E-state index is 0.00172. The molecule has 7 heteroatoms. The Hall–Kier alpha value is -2.57. The van der Waals surface area contributed by atoms with Crippen molar-refractivity contribution in [3.8, 4) is 5.75 Å². The van der Waals surface area contributed by atoms with Crippen molar-refractivity contribution in [2.24, 2.45) is 0 Å². The molecule has 3 aromatic rings. The maximum atomic E-state index is 13.3. The second kappa shape index (κ2) is 14.4. The Balaban J connectivity index is 1.41. The number of carbonyl (C=O) groups excluding carboxylic acids is 1. The second-order valence-corrected chi connectivity index (χ2v) is 11.9. The maximum Gasteiger partial charge on any atom is 0.255 e. The van der Waals surface area contributed by atoms with Crippen molar-refractivity contribution < 1.29 is 14.6 Å². The number of halogens is 2. The highest BCUT2D eigenvalue weighted by Crippen LogP contribution is 2.32. The van der Waals surface area contributed by atoms with Crippen LogP contribution in [0.1, 0.15) is 67.7 Å². The van der Waals surface area contributed by atoms with Gasteiger partial charge in [0, 0.05) is 19.5 Å². The molecule has 0 radical (unpaired) electrons. The van der Waals surface area contributed by atoms with Crippen molar-refractivity contribution in [2.45, 2.75) is 57.2 Å². The minimum Gasteiger partial charge on any atom is -0.491 e. The molecule has 3 aromatic carbocycles. The quantitative estimate of drug-likeness (QED) is 0.257. The van der Waals surface area contributed by atoms with Crippen LogP contribution in [0.5, 0.6) is 5.75 Å². The summed E-state index contributed by atoms with van der Waals surface area (Å²) in [5.74, 6) is 0.929. The van der Waals surface area contributed by atoms with Gasteiger partial charge in [-0.1, -0.05) is 71.7 Å². The lowest BCUT2D eigenvalue weighted by atomic mass is 9.89. The van der Waals surface area contributed by atoms with Crippen LogP contribution in [0.25, 0.3) is 0 Å². The molecule has 1 heterocycles. The molecule has 1 aliphatic heterocycles. The first-order chi connectivity index (χ1) is 19.2. The predicted molar refractivity (Wildman–Crippen MR) is 163 cm³/mol. The standard InChI is InChI=1S/C33H40Cl2N2O3/c1-23(2)40-29-11-7-10-27(20-29)32(38)33(39)36(3)22-28(26-12-13-30(34)31(35)21-26)16-19-37-17-14-25(15-18-37)24-8-5-4-6-9-24/h4-13,20-21,23,25,28,32,38H,14-19,22H2,1-3H3. The summed E-state index contributed by atoms with van der Waals surface area (Å²) in [6.07, 6.45) is 1.88. The molecule has 40 heavy (non-hydrogen) atoms. The Morgan fingerprint density at radius 3 is 2.38 bits per heavy atom. The monoisotopic (exact) mass is 582 g/mol. The van der Waals surface area contributed by atoms with E-state index in [9.17, 15) is 9.90 Å². The third-order valence-electron chi connectivity index (χ3n) is 7.72. The van der Waals surface area contributed by atoms with Gasteiger partial charge in [-0.3, -0.25) is 4.79 Å². The van der Waals surface area contributed by atoms with E-state index in [0.717, 1.165) is 44.5 Å². The highest BCUT2D eigenvalue weighted by atomic mass is 35.5. The molecule has 4 rings (SSSR count). The number of benzene rings is 3. The Bertz CT molecular complexity index is 1250. The van der Waals surface area contributed by atoms with Crippen LogP contribution in [0.4, 0.5) is 0 Å². The van der Waals surface area contributed by atoms with Gasteiger partial charge in [0.05, 0.1) is 16.1 Å². The van der Waals surface area contributed by atoms with E-state index in [-0.39, 0.29) is 17.9 Å². The minimum atomic E-state index is -1.27. The van der Waals surface area contributed by atoms with Gasteiger partial charge in [-0.2, -0.15) is 0 Å². The van der Waals surface area contributed by atoms with Crippen LogP contribution in [0.3, 0.4) is 0 Å². The summed E-state index contributed by atoms with van der Waals surface area (Å²) in [5.41, 5.74) is 2.98. The first-order valence-corrected chi connectivity index (χ1v) is 14.9. The first-order valence-electron chi connectivity index (χ1n) is 14.1. The number of hydrogen-bond acceptors (Lipinski definition) is 4. The Morgan fingerprint density at radius 1 is 0.975 bits per heavy atom. The molecular weight excluding hydrogens is 543 g/mol. The number of aliphatic hydroxyl groups is 1. The topological polar surface area (TPSA) is 53.0 Å². The van der Waals surface area contributed by atoms with Crippen LogP contribution < -0.4 is 4.74 Å². The Kier molecular flexibility index (Phi) is 10.9. The lowest BCUT2D eigenvalue weighted by Crippen LogP contribution is -2.37. The van der Waals surface area contributed by atoms with Crippen LogP contribution in [-0.2, 0) is 4.79 Å². The molecule has 1 N–H and O–H groups in total. The lowest BCUT2D eigenvalue weighted by Gasteiger charge is -2.34. The van der Waals surface area contributed by atoms with Gasteiger partial charge >= 0.3 is 0 Å². The highest BCUT2D eigenvalue weighted by Gasteiger charge is 2.26. The number of ether oxygens (including phenoxy) is 1. The van der Waals surface area contributed by atoms with E-state index in [4.69, 9.17) is 27.9 Å². The van der Waals surface area contributed by atoms with Gasteiger partial charge in [0.2, 0.25) is 0 Å². The fourth-order valence-electron chi connectivity index (χ4n) is 5.49. The van der Waals surface area contributed by atoms with Gasteiger partial charge in [-0.05, 0) is 99.6 Å². The number of carbonyl (C=O) groups is 1. The number of hydrogen-bond donors (Lipinski definition) is 1. The number of amides is 1. The zero-order valence-corrected chi connectivity index (χ0v) is 25.1. The van der Waals surface area contributed by atoms with E-state index >= 15 is 0 Å². The van der Waals surface area contributed by atoms with Crippen LogP contribution in [0.15, 0.2) is 72.8 Å². The molecule has 0 spiro atoms. The van der Waals surface area contributed by atoms with Gasteiger partial charge in [-0.15, -0.1) is 0 Å². The molecule has 214 valence electrons. The molecule has 2 atom stereocenters. The fraction of sp³-hybridized carbons (Fsp3) is 0.424. The summed E-state index contributed by atoms with van der Waals surface area (Å²) in [4.78, 5) is 17.5. The summed E-state index contributed by atoms with van der Waals surface area (Å²) >= 11 is 12.6. The molecule has 1 saturated heterocycles. The summed E-state index contributed by atoms with van der Waals surface area (Å²) < 4.78 is 5.75. The summed E-state index contributed by atoms with van der Waals surface area (Å²) in [6, 6.07) is 23.6. The van der Waals surface area contributed by atoms with Crippen molar-refractivity contribution >= 4 is 29.1 Å². The predicted octanol–water partition coefficient (Wildman–Crippen LogP) is 7.33. The molecule has 1 amide bonds. The van der Waals surface area contributed by atoms with Gasteiger partial charge in [0.25, 0.3) is 5.91 Å². The van der Waals surface area contributed by atoms with Crippen molar-refractivity contribution in [3.05, 3.63) is 99.5 Å². The van der Waals surface area contributed by atoms with Crippen molar-refractivity contribution in [1.82, 2.24) is 9.80 Å². The normalized spacial score (nSPS) is 16.1. The highest BCUT2D eigenvalue weighted by molar-refractivity contribution is 6.42. The first kappa shape index (κ1) is 30.4. The summed E-state index contributed by atoms with van der Waals surface area (Å²) in [6.45, 7) is 7.36. The van der Waals surface area contributed by atoms with Crippen molar-refractivity contribution in [1.29, 1.82) is 0 Å². The molecule has 5 nitrogen and oxygen atoms in total. The van der Waals surface area contributed by atoms with Crippen molar-refractivity contribution in [3.63, 3.8) is 0 Å². The molecule has 0 bridgehead atoms. The zero-order chi connectivity index (χ0) is 28.6. The average molecular weight is 584 g/mol. The molecule has 1 fully saturated rings. The van der Waals surface area contributed by atoms with Crippen LogP contribution in [0.2, 0.25) is 10.0 Å². The second-order valence-electron chi connectivity index (χ2n) is 11.0. The van der Waals surface area contributed by atoms with Gasteiger partial charge in [0.1, 0.15) is 5.75 Å². The fourth-order valence-corrected chi connectivity index (χ4v) is 5.79. The molecule has 0 saturated carbocycles. The largest absolute Gasteiger partial charge is 0.491 e. The maximum absolute atomic E-state index is 13.3. The van der Waals surface area contributed by atoms with E-state index in [1.165, 1.54) is 5.56 Å². The third-order valence-corrected chi connectivity index (χ3v) is 8.46. The van der Waals surface area contributed by atoms with E-state index in [0.29, 0.717) is 33.8 Å². The van der Waals surface area contributed by atoms with E-state index < -0.39 is 6.10 Å². The molecule has 0 aliphatic carbocycles. The summed E-state index contributed by atoms with van der Waals surface area (Å²) in [7, 11) is 1.75. The summed E-state index contributed by atoms with van der Waals surface area (Å²) in [5, 5.41) is 12.0. The molecule has 2 unspecified atom stereocenters. The van der Waals surface area contributed by atoms with Gasteiger partial charge < -0.3 is 19.6 Å². The number of likely N-dealkylation sites (tertiary alicyclic amines) is 1. The van der Waals surface area contributed by atoms with Crippen molar-refractivity contribution in [2.75, 3.05) is 33.2 Å². The number of piperidine rings is 1. The lowest BCUT2D eigenvalue weighted by molar-refractivity contribution is -0.139. The third kappa shape index (κ3) is 8.23. The number of nitrogens with zero attached hydrogens (tertiary/aromatic N) is 2. The number of rotatable bonds is 11. The Morgan fingerprint density at radius 2 is 1.70 bits per heavy atom. The van der Waals surface area contributed by atoms with E-state index in [1.807, 2.05) is 38.1 Å². The Labute approximate surface area is 248 Å². The van der Waals surface area contributed by atoms with E-state index in [1.54, 1.807) is 30.1 Å². The molecular formula is C33H40Cl2N2O3. The van der Waals surface area contributed by atoms with Gasteiger partial charge in [0.15, 0.2) is 6.10 Å². The van der Waals surface area contributed by atoms with Crippen LogP contribution in [0, 0.1) is 0 Å². The average Bonchev–Trinajstić information content (AvgIpc) is 2.96. The SMILES string of the molecule is CC(C)Oc1cccc(C(O)C(=O)N(C)CC(CCN2CCC(c3ccccc3)CC2)c2ccc(Cl)c(Cl)c2)c1. The number of likely N-dealkylation sites (N-methyl/N-ethyl adjacent to an activating group) is 1. The van der Waals surface area contributed by atoms with Gasteiger partial charge in [-0.25, -0.2) is 0 Å². The smallest absolute Gasteiger partial charge is 0.255 e. The zero-order valence-electron chi connectivity index (χ0n) is 23.6. The molecule has 0 aromatic heterocycles. The van der Waals surface area contributed by atoms with Crippen LogP contribution in [-0.4, -0.2) is 60.1 Å². The van der Waals surface area contributed by atoms with E-state index in [2.05, 4.69) is 35.2 Å². The van der Waals surface area contributed by atoms with Crippen LogP contribution >= 0.6 is 23.2 Å².